The molecule has 1 atom stereocenters. The summed E-state index contributed by atoms with van der Waals surface area (Å²) in [7, 11) is -0.194. The van der Waals surface area contributed by atoms with Gasteiger partial charge in [0.05, 0.1) is 5.56 Å². The van der Waals surface area contributed by atoms with E-state index in [4.69, 9.17) is 0 Å². The van der Waals surface area contributed by atoms with Crippen LogP contribution in [0.25, 0.3) is 25.1 Å². The van der Waals surface area contributed by atoms with Crippen molar-refractivity contribution in [3.05, 3.63) is 78.4 Å². The van der Waals surface area contributed by atoms with Crippen molar-refractivity contribution in [2.45, 2.75) is 6.92 Å². The maximum atomic E-state index is 12.1. The molecule has 0 N–H and O–H groups in total. The number of thiophene rings is 1. The lowest BCUT2D eigenvalue weighted by molar-refractivity contribution is 0.101. The summed E-state index contributed by atoms with van der Waals surface area (Å²) in [5.74, 6) is 0.137. The van der Waals surface area contributed by atoms with E-state index < -0.39 is 0 Å². The molecular formula is C20H15OS+. The summed E-state index contributed by atoms with van der Waals surface area (Å²) < 4.78 is 2.50. The molecule has 0 radical (unpaired) electrons. The molecule has 1 heterocycles. The maximum absolute atomic E-state index is 12.1. The molecule has 0 aliphatic rings. The Labute approximate surface area is 131 Å². The van der Waals surface area contributed by atoms with E-state index in [9.17, 15) is 4.79 Å². The van der Waals surface area contributed by atoms with Crippen molar-refractivity contribution in [1.29, 1.82) is 0 Å². The van der Waals surface area contributed by atoms with E-state index in [1.54, 1.807) is 6.92 Å². The van der Waals surface area contributed by atoms with Gasteiger partial charge in [0.1, 0.15) is 0 Å². The zero-order chi connectivity index (χ0) is 15.1. The number of hydrogen-bond donors (Lipinski definition) is 0. The van der Waals surface area contributed by atoms with Crippen LogP contribution in [0.5, 0.6) is 0 Å². The van der Waals surface area contributed by atoms with E-state index in [0.29, 0.717) is 0 Å². The maximum Gasteiger partial charge on any atom is 0.198 e. The molecule has 0 amide bonds. The number of rotatable bonds is 2. The van der Waals surface area contributed by atoms with Gasteiger partial charge in [0, 0.05) is 21.2 Å². The van der Waals surface area contributed by atoms with Crippen LogP contribution in [-0.2, 0) is 0 Å². The molecule has 4 rings (SSSR count). The van der Waals surface area contributed by atoms with Crippen LogP contribution in [0.4, 0.5) is 0 Å². The third kappa shape index (κ3) is 1.88. The minimum atomic E-state index is -0.194. The SMILES string of the molecule is CC(=O)c1cccc2c3ccccc3[s+](-c3ccccc3)c12. The number of fused-ring (bicyclic) bond motifs is 3. The predicted octanol–water partition coefficient (Wildman–Crippen LogP) is 5.93. The summed E-state index contributed by atoms with van der Waals surface area (Å²) in [5, 5.41) is 2.46. The Kier molecular flexibility index (Phi) is 3.05. The third-order valence-corrected chi connectivity index (χ3v) is 6.36. The van der Waals surface area contributed by atoms with Gasteiger partial charge in [-0.3, -0.25) is 4.79 Å². The van der Waals surface area contributed by atoms with Gasteiger partial charge in [-0.25, -0.2) is 0 Å². The molecule has 0 bridgehead atoms. The van der Waals surface area contributed by atoms with Crippen molar-refractivity contribution >= 4 is 36.4 Å². The average molecular weight is 303 g/mol. The van der Waals surface area contributed by atoms with Crippen LogP contribution in [0.1, 0.15) is 17.3 Å². The van der Waals surface area contributed by atoms with Gasteiger partial charge in [-0.2, -0.15) is 0 Å². The third-order valence-electron chi connectivity index (χ3n) is 3.97. The number of ketones is 1. The van der Waals surface area contributed by atoms with Crippen LogP contribution in [0.15, 0.2) is 72.8 Å². The quantitative estimate of drug-likeness (QED) is 0.331. The molecule has 0 fully saturated rings. The van der Waals surface area contributed by atoms with Crippen molar-refractivity contribution in [2.75, 3.05) is 0 Å². The van der Waals surface area contributed by atoms with Gasteiger partial charge in [-0.15, -0.1) is 0 Å². The number of hydrogen-bond acceptors (Lipinski definition) is 1. The zero-order valence-electron chi connectivity index (χ0n) is 12.2. The van der Waals surface area contributed by atoms with E-state index >= 15 is 0 Å². The lowest BCUT2D eigenvalue weighted by atomic mass is 10.1. The number of benzene rings is 3. The second-order valence-corrected chi connectivity index (χ2v) is 7.29. The van der Waals surface area contributed by atoms with Crippen molar-refractivity contribution in [3.8, 4) is 4.90 Å². The Hall–Kier alpha value is -2.45. The Bertz CT molecular complexity index is 996. The monoisotopic (exact) mass is 303 g/mol. The molecule has 2 heteroatoms. The Morgan fingerprint density at radius 2 is 1.45 bits per heavy atom. The van der Waals surface area contributed by atoms with Gasteiger partial charge >= 0.3 is 0 Å². The first-order chi connectivity index (χ1) is 10.8. The van der Waals surface area contributed by atoms with Gasteiger partial charge in [0.25, 0.3) is 0 Å². The van der Waals surface area contributed by atoms with Gasteiger partial charge in [0.2, 0.25) is 0 Å². The van der Waals surface area contributed by atoms with Gasteiger partial charge in [0.15, 0.2) is 20.1 Å². The minimum absolute atomic E-state index is 0.137. The molecule has 0 spiro atoms. The summed E-state index contributed by atoms with van der Waals surface area (Å²) in [6, 6.07) is 25.1. The molecule has 1 aromatic heterocycles. The molecule has 1 unspecified atom stereocenters. The topological polar surface area (TPSA) is 17.1 Å². The van der Waals surface area contributed by atoms with Crippen LogP contribution in [0.3, 0.4) is 0 Å². The highest BCUT2D eigenvalue weighted by Gasteiger charge is 2.26. The number of carbonyl (C=O) groups is 1. The fourth-order valence-corrected chi connectivity index (χ4v) is 5.61. The second-order valence-electron chi connectivity index (χ2n) is 5.35. The molecule has 106 valence electrons. The van der Waals surface area contributed by atoms with Gasteiger partial charge in [-0.1, -0.05) is 36.4 Å². The molecule has 22 heavy (non-hydrogen) atoms. The van der Waals surface area contributed by atoms with E-state index in [1.807, 2.05) is 18.2 Å². The average Bonchev–Trinajstić information content (AvgIpc) is 2.90. The largest absolute Gasteiger partial charge is 0.294 e. The molecule has 1 nitrogen and oxygen atoms in total. The van der Waals surface area contributed by atoms with Crippen LogP contribution < -0.4 is 0 Å². The first-order valence-corrected chi connectivity index (χ1v) is 8.52. The number of carbonyl (C=O) groups excluding carboxylic acids is 1. The van der Waals surface area contributed by atoms with Gasteiger partial charge in [-0.05, 0) is 43.3 Å². The molecule has 3 aromatic carbocycles. The summed E-state index contributed by atoms with van der Waals surface area (Å²) >= 11 is 0. The Morgan fingerprint density at radius 1 is 0.773 bits per heavy atom. The van der Waals surface area contributed by atoms with E-state index in [2.05, 4.69) is 54.6 Å². The van der Waals surface area contributed by atoms with Crippen molar-refractivity contribution in [2.24, 2.45) is 0 Å². The summed E-state index contributed by atoms with van der Waals surface area (Å²) in [6.07, 6.45) is 0. The standard InChI is InChI=1S/C20H15OS/c1-14(21)16-11-7-12-18-17-10-5-6-13-19(17)22(20(16)18)15-8-3-2-4-9-15/h2-13H,1H3/q+1. The summed E-state index contributed by atoms with van der Waals surface area (Å²) in [5.41, 5.74) is 0.848. The van der Waals surface area contributed by atoms with Crippen LogP contribution in [-0.4, -0.2) is 5.78 Å². The molecular weight excluding hydrogens is 288 g/mol. The molecule has 4 aromatic rings. The lowest BCUT2D eigenvalue weighted by Crippen LogP contribution is -1.91. The highest BCUT2D eigenvalue weighted by molar-refractivity contribution is 7.50. The fraction of sp³-hybridized carbons (Fsp3) is 0.0500. The fourth-order valence-electron chi connectivity index (χ4n) is 3.02. The minimum Gasteiger partial charge on any atom is -0.294 e. The van der Waals surface area contributed by atoms with Gasteiger partial charge < -0.3 is 0 Å². The smallest absolute Gasteiger partial charge is 0.198 e. The van der Waals surface area contributed by atoms with Crippen LogP contribution >= 0.6 is 10.5 Å². The van der Waals surface area contributed by atoms with E-state index in [0.717, 1.165) is 5.56 Å². The highest BCUT2D eigenvalue weighted by Crippen LogP contribution is 2.49. The molecule has 0 saturated carbocycles. The normalized spacial score (nSPS) is 12.0. The van der Waals surface area contributed by atoms with E-state index in [-0.39, 0.29) is 16.3 Å². The summed E-state index contributed by atoms with van der Waals surface area (Å²) in [6.45, 7) is 1.66. The van der Waals surface area contributed by atoms with Crippen LogP contribution in [0.2, 0.25) is 0 Å². The van der Waals surface area contributed by atoms with E-state index in [1.165, 1.54) is 25.1 Å². The molecule has 0 aliphatic carbocycles. The molecule has 0 aliphatic heterocycles. The summed E-state index contributed by atoms with van der Waals surface area (Å²) in [4.78, 5) is 13.4. The molecule has 0 saturated heterocycles. The highest BCUT2D eigenvalue weighted by atomic mass is 32.2. The van der Waals surface area contributed by atoms with Crippen molar-refractivity contribution in [1.82, 2.24) is 0 Å². The first kappa shape index (κ1) is 13.2. The lowest BCUT2D eigenvalue weighted by Gasteiger charge is -1.97. The second kappa shape index (κ2) is 5.08. The predicted molar refractivity (Wildman–Crippen MR) is 95.3 cm³/mol. The Balaban J connectivity index is 2.27. The Morgan fingerprint density at radius 3 is 2.23 bits per heavy atom. The first-order valence-electron chi connectivity index (χ1n) is 7.30. The van der Waals surface area contributed by atoms with Crippen molar-refractivity contribution < 1.29 is 4.79 Å². The van der Waals surface area contributed by atoms with Crippen molar-refractivity contribution in [3.63, 3.8) is 0 Å². The van der Waals surface area contributed by atoms with Crippen LogP contribution in [0, 0.1) is 0 Å². The zero-order valence-corrected chi connectivity index (χ0v) is 13.1. The number of Topliss-reactive ketones (excluding diaryl/α,β-unsaturated/α-hetero) is 1.